The molecule has 2 aromatic rings. The normalized spacial score (nSPS) is 12.2. The van der Waals surface area contributed by atoms with E-state index in [2.05, 4.69) is 33.2 Å². The number of pyridine rings is 1. The largest absolute Gasteiger partial charge is 0.396 e. The summed E-state index contributed by atoms with van der Waals surface area (Å²) in [5.74, 6) is -0.217. The lowest BCUT2D eigenvalue weighted by molar-refractivity contribution is 0.626. The molecule has 0 aliphatic carbocycles. The molecule has 3 nitrogen and oxygen atoms in total. The molecule has 0 aliphatic rings. The maximum Gasteiger partial charge on any atom is 0.123 e. The van der Waals surface area contributed by atoms with E-state index in [1.807, 2.05) is 0 Å². The highest BCUT2D eigenvalue weighted by Crippen LogP contribution is 2.28. The van der Waals surface area contributed by atoms with Gasteiger partial charge in [-0.05, 0) is 47.0 Å². The number of hydrogen-bond acceptors (Lipinski definition) is 3. The molecule has 1 heterocycles. The number of nitrogens with one attached hydrogen (secondary N) is 1. The first-order chi connectivity index (χ1) is 9.06. The molecule has 0 saturated heterocycles. The molecule has 1 aromatic carbocycles. The number of rotatable bonds is 4. The van der Waals surface area contributed by atoms with Gasteiger partial charge < -0.3 is 11.1 Å². The molecule has 3 N–H and O–H groups in total. The second-order valence-corrected chi connectivity index (χ2v) is 5.32. The fourth-order valence-electron chi connectivity index (χ4n) is 1.87. The van der Waals surface area contributed by atoms with E-state index >= 15 is 0 Å². The van der Waals surface area contributed by atoms with Gasteiger partial charge in [-0.3, -0.25) is 4.98 Å². The predicted molar refractivity (Wildman–Crippen MR) is 79.5 cm³/mol. The van der Waals surface area contributed by atoms with Gasteiger partial charge in [-0.2, -0.15) is 0 Å². The van der Waals surface area contributed by atoms with Gasteiger partial charge in [-0.25, -0.2) is 4.39 Å². The Hall–Kier alpha value is -1.62. The van der Waals surface area contributed by atoms with Crippen LogP contribution in [0.3, 0.4) is 0 Å². The van der Waals surface area contributed by atoms with Crippen LogP contribution in [0.15, 0.2) is 41.1 Å². The summed E-state index contributed by atoms with van der Waals surface area (Å²) in [7, 11) is 0. The molecule has 0 spiro atoms. The number of halogens is 2. The van der Waals surface area contributed by atoms with Gasteiger partial charge in [0.15, 0.2) is 0 Å². The molecule has 0 fully saturated rings. The molecule has 1 aromatic heterocycles. The van der Waals surface area contributed by atoms with Crippen molar-refractivity contribution in [2.45, 2.75) is 19.4 Å². The van der Waals surface area contributed by atoms with Crippen molar-refractivity contribution in [2.24, 2.45) is 0 Å². The Morgan fingerprint density at radius 1 is 1.32 bits per heavy atom. The Morgan fingerprint density at radius 2 is 2.00 bits per heavy atom. The van der Waals surface area contributed by atoms with Gasteiger partial charge in [0.1, 0.15) is 5.82 Å². The second-order valence-electron chi connectivity index (χ2n) is 4.46. The van der Waals surface area contributed by atoms with Crippen molar-refractivity contribution in [1.82, 2.24) is 4.98 Å². The highest BCUT2D eigenvalue weighted by Gasteiger charge is 2.09. The quantitative estimate of drug-likeness (QED) is 0.903. The molecule has 0 bridgehead atoms. The summed E-state index contributed by atoms with van der Waals surface area (Å²) in [4.78, 5) is 3.99. The zero-order chi connectivity index (χ0) is 13.8. The third-order valence-electron chi connectivity index (χ3n) is 2.77. The molecular formula is C14H15BrFN3. The lowest BCUT2D eigenvalue weighted by Crippen LogP contribution is -2.19. The maximum atomic E-state index is 12.8. The highest BCUT2D eigenvalue weighted by molar-refractivity contribution is 9.10. The van der Waals surface area contributed by atoms with Crippen LogP contribution in [-0.4, -0.2) is 11.0 Å². The van der Waals surface area contributed by atoms with E-state index in [1.54, 1.807) is 24.5 Å². The van der Waals surface area contributed by atoms with E-state index in [-0.39, 0.29) is 11.9 Å². The summed E-state index contributed by atoms with van der Waals surface area (Å²) in [6.45, 7) is 2.05. The third-order valence-corrected chi connectivity index (χ3v) is 3.38. The van der Waals surface area contributed by atoms with Crippen LogP contribution >= 0.6 is 15.9 Å². The smallest absolute Gasteiger partial charge is 0.123 e. The second kappa shape index (κ2) is 6.02. The van der Waals surface area contributed by atoms with Gasteiger partial charge in [-0.1, -0.05) is 12.1 Å². The molecule has 1 unspecified atom stereocenters. The summed E-state index contributed by atoms with van der Waals surface area (Å²) >= 11 is 3.42. The van der Waals surface area contributed by atoms with Gasteiger partial charge in [0.25, 0.3) is 0 Å². The monoisotopic (exact) mass is 323 g/mol. The van der Waals surface area contributed by atoms with E-state index < -0.39 is 0 Å². The number of nitrogen functional groups attached to an aromatic ring is 1. The minimum atomic E-state index is -0.217. The summed E-state index contributed by atoms with van der Waals surface area (Å²) < 4.78 is 13.7. The van der Waals surface area contributed by atoms with Crippen LogP contribution in [0.25, 0.3) is 0 Å². The van der Waals surface area contributed by atoms with Crippen molar-refractivity contribution in [2.75, 3.05) is 11.1 Å². The van der Waals surface area contributed by atoms with Crippen molar-refractivity contribution in [1.29, 1.82) is 0 Å². The molecule has 1 atom stereocenters. The van der Waals surface area contributed by atoms with Crippen LogP contribution < -0.4 is 11.1 Å². The predicted octanol–water partition coefficient (Wildman–Crippen LogP) is 3.61. The Bertz CT molecular complexity index is 537. The number of aromatic nitrogens is 1. The Labute approximate surface area is 120 Å². The van der Waals surface area contributed by atoms with E-state index in [4.69, 9.17) is 5.73 Å². The zero-order valence-corrected chi connectivity index (χ0v) is 12.1. The van der Waals surface area contributed by atoms with E-state index in [0.717, 1.165) is 22.1 Å². The van der Waals surface area contributed by atoms with Crippen LogP contribution in [0.2, 0.25) is 0 Å². The Balaban J connectivity index is 2.05. The minimum absolute atomic E-state index is 0.173. The molecule has 0 aliphatic heterocycles. The first-order valence-corrected chi connectivity index (χ1v) is 6.75. The van der Waals surface area contributed by atoms with Crippen molar-refractivity contribution < 1.29 is 4.39 Å². The van der Waals surface area contributed by atoms with E-state index in [1.165, 1.54) is 12.1 Å². The van der Waals surface area contributed by atoms with Gasteiger partial charge in [-0.15, -0.1) is 0 Å². The van der Waals surface area contributed by atoms with Crippen LogP contribution in [0, 0.1) is 5.82 Å². The fraction of sp³-hybridized carbons (Fsp3) is 0.214. The zero-order valence-electron chi connectivity index (χ0n) is 10.5. The average Bonchev–Trinajstić information content (AvgIpc) is 2.37. The molecule has 0 saturated carbocycles. The number of benzene rings is 1. The molecule has 19 heavy (non-hydrogen) atoms. The molecular weight excluding hydrogens is 309 g/mol. The molecule has 2 rings (SSSR count). The van der Waals surface area contributed by atoms with Crippen LogP contribution in [0.4, 0.5) is 15.8 Å². The summed E-state index contributed by atoms with van der Waals surface area (Å²) in [6.07, 6.45) is 4.09. The summed E-state index contributed by atoms with van der Waals surface area (Å²) in [6, 6.07) is 6.69. The first-order valence-electron chi connectivity index (χ1n) is 5.96. The molecule has 0 amide bonds. The number of nitrogens with two attached hydrogens (primary N) is 1. The van der Waals surface area contributed by atoms with Gasteiger partial charge in [0, 0.05) is 12.2 Å². The first kappa shape index (κ1) is 13.8. The summed E-state index contributed by atoms with van der Waals surface area (Å²) in [5, 5.41) is 3.34. The Morgan fingerprint density at radius 3 is 2.63 bits per heavy atom. The maximum absolute atomic E-state index is 12.8. The standard InChI is InChI=1S/C14H15BrFN3/c1-9(6-10-2-4-11(16)5-3-10)19-14-12(15)7-18-8-13(14)17/h2-5,7-9H,6,17H2,1H3,(H,18,19). The number of anilines is 2. The number of nitrogens with zero attached hydrogens (tertiary/aromatic N) is 1. The van der Waals surface area contributed by atoms with Crippen molar-refractivity contribution in [3.63, 3.8) is 0 Å². The SMILES string of the molecule is CC(Cc1ccc(F)cc1)Nc1c(N)cncc1Br. The topological polar surface area (TPSA) is 50.9 Å². The lowest BCUT2D eigenvalue weighted by atomic mass is 10.1. The Kier molecular flexibility index (Phi) is 4.37. The highest BCUT2D eigenvalue weighted by atomic mass is 79.9. The summed E-state index contributed by atoms with van der Waals surface area (Å²) in [5.41, 5.74) is 8.39. The number of hydrogen-bond donors (Lipinski definition) is 2. The van der Waals surface area contributed by atoms with E-state index in [9.17, 15) is 4.39 Å². The van der Waals surface area contributed by atoms with E-state index in [0.29, 0.717) is 5.69 Å². The van der Waals surface area contributed by atoms with Crippen molar-refractivity contribution in [3.05, 3.63) is 52.5 Å². The van der Waals surface area contributed by atoms with Gasteiger partial charge in [0.2, 0.25) is 0 Å². The fourth-order valence-corrected chi connectivity index (χ4v) is 2.34. The van der Waals surface area contributed by atoms with Crippen LogP contribution in [0.1, 0.15) is 12.5 Å². The van der Waals surface area contributed by atoms with Gasteiger partial charge >= 0.3 is 0 Å². The van der Waals surface area contributed by atoms with Crippen molar-refractivity contribution >= 4 is 27.3 Å². The van der Waals surface area contributed by atoms with Crippen LogP contribution in [-0.2, 0) is 6.42 Å². The molecule has 100 valence electrons. The third kappa shape index (κ3) is 3.67. The average molecular weight is 324 g/mol. The van der Waals surface area contributed by atoms with Crippen LogP contribution in [0.5, 0.6) is 0 Å². The molecule has 5 heteroatoms. The van der Waals surface area contributed by atoms with Crippen molar-refractivity contribution in [3.8, 4) is 0 Å². The molecule has 0 radical (unpaired) electrons. The van der Waals surface area contributed by atoms with Gasteiger partial charge in [0.05, 0.1) is 22.0 Å². The minimum Gasteiger partial charge on any atom is -0.396 e. The lowest BCUT2D eigenvalue weighted by Gasteiger charge is -2.17.